The van der Waals surface area contributed by atoms with Crippen LogP contribution >= 0.6 is 11.3 Å². The number of aryl methyl sites for hydroxylation is 1. The van der Waals surface area contributed by atoms with Gasteiger partial charge in [-0.1, -0.05) is 6.42 Å². The van der Waals surface area contributed by atoms with Crippen LogP contribution in [0.5, 0.6) is 0 Å². The van der Waals surface area contributed by atoms with Gasteiger partial charge in [0.15, 0.2) is 5.13 Å². The van der Waals surface area contributed by atoms with E-state index in [0.717, 1.165) is 35.4 Å². The summed E-state index contributed by atoms with van der Waals surface area (Å²) in [5, 5.41) is 15.3. The average molecular weight is 319 g/mol. The molecule has 0 bridgehead atoms. The van der Waals surface area contributed by atoms with E-state index in [0.29, 0.717) is 6.54 Å². The standard InChI is InChI=1S/C15H21N5OS/c1-11-10-13(19-15-16-5-9-22-15)18-14(17-11)12-4-2-3-6-20(12)7-8-21/h5,9-10,12,21H,2-4,6-8H2,1H3,(H,16,17,18,19). The quantitative estimate of drug-likeness (QED) is 0.882. The number of nitrogens with one attached hydrogen (secondary N) is 1. The van der Waals surface area contributed by atoms with Gasteiger partial charge >= 0.3 is 0 Å². The van der Waals surface area contributed by atoms with Crippen LogP contribution in [0.4, 0.5) is 10.9 Å². The van der Waals surface area contributed by atoms with Gasteiger partial charge in [-0.05, 0) is 26.3 Å². The molecule has 0 amide bonds. The van der Waals surface area contributed by atoms with Gasteiger partial charge in [0, 0.05) is 29.9 Å². The molecule has 0 aromatic carbocycles. The number of hydrogen-bond acceptors (Lipinski definition) is 7. The molecule has 0 spiro atoms. The van der Waals surface area contributed by atoms with Crippen LogP contribution < -0.4 is 5.32 Å². The zero-order chi connectivity index (χ0) is 15.4. The van der Waals surface area contributed by atoms with Gasteiger partial charge in [-0.25, -0.2) is 15.0 Å². The molecule has 1 aliphatic heterocycles. The van der Waals surface area contributed by atoms with Crippen molar-refractivity contribution < 1.29 is 5.11 Å². The van der Waals surface area contributed by atoms with E-state index in [9.17, 15) is 5.11 Å². The lowest BCUT2D eigenvalue weighted by molar-refractivity contribution is 0.112. The highest BCUT2D eigenvalue weighted by molar-refractivity contribution is 7.13. The number of rotatable bonds is 5. The summed E-state index contributed by atoms with van der Waals surface area (Å²) in [5.74, 6) is 1.62. The number of anilines is 2. The molecular weight excluding hydrogens is 298 g/mol. The number of β-amino-alcohol motifs (C(OH)–C–C–N with tert-alkyl or cyclic N) is 1. The lowest BCUT2D eigenvalue weighted by Gasteiger charge is -2.34. The summed E-state index contributed by atoms with van der Waals surface area (Å²) in [7, 11) is 0. The van der Waals surface area contributed by atoms with Crippen molar-refractivity contribution in [2.45, 2.75) is 32.2 Å². The van der Waals surface area contributed by atoms with E-state index in [1.54, 1.807) is 17.5 Å². The van der Waals surface area contributed by atoms with Crippen LogP contribution in [0.15, 0.2) is 17.6 Å². The highest BCUT2D eigenvalue weighted by atomic mass is 32.1. The van der Waals surface area contributed by atoms with Crippen LogP contribution in [0.25, 0.3) is 0 Å². The molecule has 1 unspecified atom stereocenters. The Morgan fingerprint density at radius 1 is 1.41 bits per heavy atom. The second-order valence-corrected chi connectivity index (χ2v) is 6.38. The number of aromatic nitrogens is 3. The molecule has 118 valence electrons. The molecule has 1 atom stereocenters. The van der Waals surface area contributed by atoms with Crippen molar-refractivity contribution in [3.63, 3.8) is 0 Å². The molecule has 7 heteroatoms. The summed E-state index contributed by atoms with van der Waals surface area (Å²) in [6.45, 7) is 3.83. The van der Waals surface area contributed by atoms with Gasteiger partial charge in [-0.2, -0.15) is 0 Å². The molecule has 1 fully saturated rings. The molecule has 2 aromatic rings. The Morgan fingerprint density at radius 3 is 3.09 bits per heavy atom. The smallest absolute Gasteiger partial charge is 0.188 e. The molecule has 0 radical (unpaired) electrons. The first-order chi connectivity index (χ1) is 10.8. The number of hydrogen-bond donors (Lipinski definition) is 2. The predicted molar refractivity (Wildman–Crippen MR) is 87.4 cm³/mol. The monoisotopic (exact) mass is 319 g/mol. The summed E-state index contributed by atoms with van der Waals surface area (Å²) in [4.78, 5) is 15.8. The Bertz CT molecular complexity index is 602. The van der Waals surface area contributed by atoms with Gasteiger partial charge in [-0.15, -0.1) is 11.3 Å². The van der Waals surface area contributed by atoms with E-state index in [1.807, 2.05) is 18.4 Å². The van der Waals surface area contributed by atoms with Gasteiger partial charge in [0.2, 0.25) is 0 Å². The van der Waals surface area contributed by atoms with Gasteiger partial charge in [0.25, 0.3) is 0 Å². The Morgan fingerprint density at radius 2 is 2.32 bits per heavy atom. The maximum atomic E-state index is 9.26. The van der Waals surface area contributed by atoms with Gasteiger partial charge in [-0.3, -0.25) is 4.90 Å². The summed E-state index contributed by atoms with van der Waals surface area (Å²) < 4.78 is 0. The number of aliphatic hydroxyl groups excluding tert-OH is 1. The van der Waals surface area contributed by atoms with Crippen LogP contribution in [0.3, 0.4) is 0 Å². The van der Waals surface area contributed by atoms with Crippen molar-refractivity contribution in [2.24, 2.45) is 0 Å². The SMILES string of the molecule is Cc1cc(Nc2nccs2)nc(C2CCCCN2CCO)n1. The summed E-state index contributed by atoms with van der Waals surface area (Å²) in [5.41, 5.74) is 0.943. The van der Waals surface area contributed by atoms with Crippen molar-refractivity contribution in [1.82, 2.24) is 19.9 Å². The molecule has 6 nitrogen and oxygen atoms in total. The average Bonchev–Trinajstić information content (AvgIpc) is 3.00. The Kier molecular flexibility index (Phi) is 4.97. The Labute approximate surface area is 134 Å². The van der Waals surface area contributed by atoms with Crippen LogP contribution in [-0.4, -0.2) is 44.7 Å². The largest absolute Gasteiger partial charge is 0.395 e. The Balaban J connectivity index is 1.84. The minimum Gasteiger partial charge on any atom is -0.395 e. The molecule has 0 saturated carbocycles. The van der Waals surface area contributed by atoms with Gasteiger partial charge in [0.1, 0.15) is 11.6 Å². The van der Waals surface area contributed by atoms with Crippen LogP contribution in [-0.2, 0) is 0 Å². The molecule has 3 heterocycles. The lowest BCUT2D eigenvalue weighted by atomic mass is 10.0. The summed E-state index contributed by atoms with van der Waals surface area (Å²) >= 11 is 1.55. The van der Waals surface area contributed by atoms with E-state index < -0.39 is 0 Å². The number of likely N-dealkylation sites (tertiary alicyclic amines) is 1. The molecular formula is C15H21N5OS. The van der Waals surface area contributed by atoms with E-state index >= 15 is 0 Å². The first-order valence-electron chi connectivity index (χ1n) is 7.63. The first-order valence-corrected chi connectivity index (χ1v) is 8.51. The molecule has 1 aliphatic rings. The number of thiazole rings is 1. The Hall–Kier alpha value is -1.57. The topological polar surface area (TPSA) is 74.2 Å². The second-order valence-electron chi connectivity index (χ2n) is 5.49. The lowest BCUT2D eigenvalue weighted by Crippen LogP contribution is -2.36. The maximum Gasteiger partial charge on any atom is 0.188 e. The highest BCUT2D eigenvalue weighted by Gasteiger charge is 2.26. The normalized spacial score (nSPS) is 19.3. The minimum absolute atomic E-state index is 0.173. The number of piperidine rings is 1. The van der Waals surface area contributed by atoms with E-state index in [1.165, 1.54) is 12.8 Å². The second kappa shape index (κ2) is 7.13. The molecule has 2 N–H and O–H groups in total. The van der Waals surface area contributed by atoms with E-state index in [-0.39, 0.29) is 12.6 Å². The minimum atomic E-state index is 0.173. The van der Waals surface area contributed by atoms with Crippen LogP contribution in [0.2, 0.25) is 0 Å². The van der Waals surface area contributed by atoms with E-state index in [2.05, 4.69) is 25.2 Å². The zero-order valence-electron chi connectivity index (χ0n) is 12.7. The first kappa shape index (κ1) is 15.3. The van der Waals surface area contributed by atoms with Crippen molar-refractivity contribution in [1.29, 1.82) is 0 Å². The number of aliphatic hydroxyl groups is 1. The highest BCUT2D eigenvalue weighted by Crippen LogP contribution is 2.29. The third-order valence-electron chi connectivity index (χ3n) is 3.84. The van der Waals surface area contributed by atoms with Crippen molar-refractivity contribution in [2.75, 3.05) is 25.0 Å². The zero-order valence-corrected chi connectivity index (χ0v) is 13.5. The molecule has 2 aromatic heterocycles. The fraction of sp³-hybridized carbons (Fsp3) is 0.533. The molecule has 1 saturated heterocycles. The fourth-order valence-corrected chi connectivity index (χ4v) is 3.41. The molecule has 3 rings (SSSR count). The van der Waals surface area contributed by atoms with Gasteiger partial charge in [0.05, 0.1) is 12.6 Å². The number of nitrogens with zero attached hydrogens (tertiary/aromatic N) is 4. The molecule has 0 aliphatic carbocycles. The maximum absolute atomic E-state index is 9.26. The van der Waals surface area contributed by atoms with Crippen molar-refractivity contribution in [3.8, 4) is 0 Å². The van der Waals surface area contributed by atoms with Crippen molar-refractivity contribution >= 4 is 22.3 Å². The third kappa shape index (κ3) is 3.60. The van der Waals surface area contributed by atoms with Crippen LogP contribution in [0.1, 0.15) is 36.8 Å². The van der Waals surface area contributed by atoms with Gasteiger partial charge < -0.3 is 10.4 Å². The fourth-order valence-electron chi connectivity index (χ4n) is 2.88. The van der Waals surface area contributed by atoms with E-state index in [4.69, 9.17) is 0 Å². The molecule has 22 heavy (non-hydrogen) atoms. The summed E-state index contributed by atoms with van der Waals surface area (Å²) in [6, 6.07) is 2.13. The van der Waals surface area contributed by atoms with Crippen LogP contribution in [0, 0.1) is 6.92 Å². The van der Waals surface area contributed by atoms with Crippen molar-refractivity contribution in [3.05, 3.63) is 29.2 Å². The summed E-state index contributed by atoms with van der Waals surface area (Å²) in [6.07, 6.45) is 5.16. The third-order valence-corrected chi connectivity index (χ3v) is 4.53. The predicted octanol–water partition coefficient (Wildman–Crippen LogP) is 2.50.